The zero-order chi connectivity index (χ0) is 17.8. The van der Waals surface area contributed by atoms with Gasteiger partial charge in [0, 0.05) is 0 Å². The van der Waals surface area contributed by atoms with Crippen LogP contribution < -0.4 is 5.32 Å². The first-order chi connectivity index (χ1) is 12.0. The van der Waals surface area contributed by atoms with E-state index >= 15 is 0 Å². The molecular weight excluding hydrogens is 365 g/mol. The maximum absolute atomic E-state index is 12.0. The lowest BCUT2D eigenvalue weighted by molar-refractivity contribution is -0.141. The van der Waals surface area contributed by atoms with Crippen LogP contribution in [0.25, 0.3) is 0 Å². The van der Waals surface area contributed by atoms with Gasteiger partial charge in [0.05, 0.1) is 22.5 Å². The van der Waals surface area contributed by atoms with Crippen molar-refractivity contribution in [3.05, 3.63) is 69.7 Å². The fourth-order valence-corrected chi connectivity index (χ4v) is 2.90. The van der Waals surface area contributed by atoms with Gasteiger partial charge in [0.15, 0.2) is 0 Å². The molecule has 3 rings (SSSR count). The molecule has 5 nitrogen and oxygen atoms in total. The molecule has 2 unspecified atom stereocenters. The average Bonchev–Trinajstić information content (AvgIpc) is 2.96. The number of alkyl carbamates (subject to hydrolysis) is 1. The zero-order valence-corrected chi connectivity index (χ0v) is 14.6. The van der Waals surface area contributed by atoms with E-state index in [4.69, 9.17) is 32.7 Å². The highest BCUT2D eigenvalue weighted by molar-refractivity contribution is 6.42. The highest BCUT2D eigenvalue weighted by Crippen LogP contribution is 2.33. The number of benzene rings is 2. The number of ether oxygens (including phenoxy) is 2. The normalized spacial score (nSPS) is 19.4. The highest BCUT2D eigenvalue weighted by atomic mass is 35.5. The standard InChI is InChI=1S/C18H15Cl2NO4/c19-13-7-6-12(8-14(13)20)17-15(9-16(22)25-17)21-18(23)24-10-11-4-2-1-3-5-11/h1-8,15,17H,9-10H2,(H,21,23). The maximum atomic E-state index is 12.0. The van der Waals surface area contributed by atoms with E-state index in [0.29, 0.717) is 15.6 Å². The van der Waals surface area contributed by atoms with Crippen LogP contribution in [0.5, 0.6) is 0 Å². The maximum Gasteiger partial charge on any atom is 0.407 e. The molecule has 1 N–H and O–H groups in total. The third-order valence-electron chi connectivity index (χ3n) is 3.80. The number of cyclic esters (lactones) is 1. The van der Waals surface area contributed by atoms with Gasteiger partial charge in [-0.3, -0.25) is 4.79 Å². The summed E-state index contributed by atoms with van der Waals surface area (Å²) in [5.74, 6) is -0.399. The van der Waals surface area contributed by atoms with Crippen molar-refractivity contribution in [3.63, 3.8) is 0 Å². The molecular formula is C18H15Cl2NO4. The summed E-state index contributed by atoms with van der Waals surface area (Å²) in [7, 11) is 0. The Morgan fingerprint density at radius 1 is 1.16 bits per heavy atom. The molecule has 7 heteroatoms. The minimum Gasteiger partial charge on any atom is -0.455 e. The second kappa shape index (κ2) is 7.76. The molecule has 1 aliphatic rings. The Bertz CT molecular complexity index is 782. The number of hydrogen-bond donors (Lipinski definition) is 1. The molecule has 1 amide bonds. The van der Waals surface area contributed by atoms with Gasteiger partial charge in [-0.2, -0.15) is 0 Å². The van der Waals surface area contributed by atoms with Gasteiger partial charge in [-0.1, -0.05) is 59.6 Å². The number of carbonyl (C=O) groups is 2. The molecule has 2 atom stereocenters. The lowest BCUT2D eigenvalue weighted by atomic mass is 10.0. The van der Waals surface area contributed by atoms with Gasteiger partial charge in [-0.25, -0.2) is 4.79 Å². The highest BCUT2D eigenvalue weighted by Gasteiger charge is 2.37. The topological polar surface area (TPSA) is 64.6 Å². The number of rotatable bonds is 4. The first kappa shape index (κ1) is 17.6. The van der Waals surface area contributed by atoms with E-state index in [1.165, 1.54) is 0 Å². The van der Waals surface area contributed by atoms with Crippen molar-refractivity contribution in [1.29, 1.82) is 0 Å². The summed E-state index contributed by atoms with van der Waals surface area (Å²) in [6.07, 6.45) is -1.19. The van der Waals surface area contributed by atoms with E-state index in [9.17, 15) is 9.59 Å². The molecule has 25 heavy (non-hydrogen) atoms. The van der Waals surface area contributed by atoms with E-state index < -0.39 is 24.2 Å². The van der Waals surface area contributed by atoms with Crippen molar-refractivity contribution < 1.29 is 19.1 Å². The number of halogens is 2. The fraction of sp³-hybridized carbons (Fsp3) is 0.222. The molecule has 0 radical (unpaired) electrons. The van der Waals surface area contributed by atoms with Crippen molar-refractivity contribution in [2.24, 2.45) is 0 Å². The first-order valence-corrected chi connectivity index (χ1v) is 8.40. The summed E-state index contributed by atoms with van der Waals surface area (Å²) in [5, 5.41) is 3.44. The minimum absolute atomic E-state index is 0.0609. The van der Waals surface area contributed by atoms with Crippen LogP contribution in [-0.4, -0.2) is 18.1 Å². The van der Waals surface area contributed by atoms with Gasteiger partial charge in [0.1, 0.15) is 12.7 Å². The molecule has 0 spiro atoms. The number of esters is 1. The predicted molar refractivity (Wildman–Crippen MR) is 93.5 cm³/mol. The van der Waals surface area contributed by atoms with Gasteiger partial charge in [-0.05, 0) is 23.3 Å². The van der Waals surface area contributed by atoms with E-state index in [1.807, 2.05) is 30.3 Å². The van der Waals surface area contributed by atoms with Gasteiger partial charge in [0.2, 0.25) is 0 Å². The first-order valence-electron chi connectivity index (χ1n) is 7.64. The van der Waals surface area contributed by atoms with Crippen LogP contribution in [0.4, 0.5) is 4.79 Å². The van der Waals surface area contributed by atoms with Crippen molar-refractivity contribution in [2.75, 3.05) is 0 Å². The third-order valence-corrected chi connectivity index (χ3v) is 4.54. The number of hydrogen-bond acceptors (Lipinski definition) is 4. The molecule has 1 heterocycles. The zero-order valence-electron chi connectivity index (χ0n) is 13.1. The SMILES string of the molecule is O=C1CC(NC(=O)OCc2ccccc2)C(c2ccc(Cl)c(Cl)c2)O1. The lowest BCUT2D eigenvalue weighted by Gasteiger charge is -2.19. The quantitative estimate of drug-likeness (QED) is 0.805. The summed E-state index contributed by atoms with van der Waals surface area (Å²) in [6.45, 7) is 0.144. The summed E-state index contributed by atoms with van der Waals surface area (Å²) in [4.78, 5) is 23.7. The Balaban J connectivity index is 1.64. The van der Waals surface area contributed by atoms with Crippen LogP contribution in [-0.2, 0) is 20.9 Å². The molecule has 2 aromatic rings. The second-order valence-corrected chi connectivity index (χ2v) is 6.42. The summed E-state index contributed by atoms with van der Waals surface area (Å²) < 4.78 is 10.5. The van der Waals surface area contributed by atoms with Crippen LogP contribution in [0.3, 0.4) is 0 Å². The van der Waals surface area contributed by atoms with Crippen LogP contribution in [0.15, 0.2) is 48.5 Å². The average molecular weight is 380 g/mol. The Labute approximate surface area is 154 Å². The van der Waals surface area contributed by atoms with E-state index in [1.54, 1.807) is 18.2 Å². The number of amides is 1. The Hall–Kier alpha value is -2.24. The molecule has 1 aliphatic heterocycles. The van der Waals surface area contributed by atoms with E-state index in [2.05, 4.69) is 5.32 Å². The second-order valence-electron chi connectivity index (χ2n) is 5.60. The Morgan fingerprint density at radius 3 is 2.64 bits per heavy atom. The Kier molecular flexibility index (Phi) is 5.46. The van der Waals surface area contributed by atoms with Crippen LogP contribution in [0.2, 0.25) is 10.0 Å². The van der Waals surface area contributed by atoms with Crippen molar-refractivity contribution >= 4 is 35.3 Å². The molecule has 1 saturated heterocycles. The molecule has 1 fully saturated rings. The van der Waals surface area contributed by atoms with Crippen molar-refractivity contribution in [2.45, 2.75) is 25.2 Å². The lowest BCUT2D eigenvalue weighted by Crippen LogP contribution is -2.37. The number of carbonyl (C=O) groups excluding carboxylic acids is 2. The molecule has 130 valence electrons. The van der Waals surface area contributed by atoms with Gasteiger partial charge in [-0.15, -0.1) is 0 Å². The van der Waals surface area contributed by atoms with Gasteiger partial charge < -0.3 is 14.8 Å². The van der Waals surface area contributed by atoms with Crippen LogP contribution in [0.1, 0.15) is 23.7 Å². The summed E-state index contributed by atoms with van der Waals surface area (Å²) in [6, 6.07) is 13.7. The number of nitrogens with one attached hydrogen (secondary N) is 1. The van der Waals surface area contributed by atoms with Gasteiger partial charge in [0.25, 0.3) is 0 Å². The van der Waals surface area contributed by atoms with Crippen LogP contribution in [0, 0.1) is 0 Å². The molecule has 0 aliphatic carbocycles. The Morgan fingerprint density at radius 2 is 1.92 bits per heavy atom. The van der Waals surface area contributed by atoms with Crippen molar-refractivity contribution in [1.82, 2.24) is 5.32 Å². The fourth-order valence-electron chi connectivity index (χ4n) is 2.59. The molecule has 0 aromatic heterocycles. The van der Waals surface area contributed by atoms with Crippen LogP contribution >= 0.6 is 23.2 Å². The summed E-state index contributed by atoms with van der Waals surface area (Å²) >= 11 is 11.9. The minimum atomic E-state index is -0.633. The third kappa shape index (κ3) is 4.44. The van der Waals surface area contributed by atoms with Crippen molar-refractivity contribution in [3.8, 4) is 0 Å². The van der Waals surface area contributed by atoms with E-state index in [-0.39, 0.29) is 13.0 Å². The predicted octanol–water partition coefficient (Wildman–Crippen LogP) is 4.28. The molecule has 0 saturated carbocycles. The molecule has 2 aromatic carbocycles. The monoisotopic (exact) mass is 379 g/mol. The smallest absolute Gasteiger partial charge is 0.407 e. The summed E-state index contributed by atoms with van der Waals surface area (Å²) in [5.41, 5.74) is 1.53. The molecule has 0 bridgehead atoms. The largest absolute Gasteiger partial charge is 0.455 e. The van der Waals surface area contributed by atoms with E-state index in [0.717, 1.165) is 5.56 Å². The van der Waals surface area contributed by atoms with Gasteiger partial charge >= 0.3 is 12.1 Å².